The number of hydrogen-bond acceptors (Lipinski definition) is 3. The maximum Gasteiger partial charge on any atom is 0.126 e. The zero-order valence-corrected chi connectivity index (χ0v) is 12.8. The molecule has 0 aromatic heterocycles. The molecule has 1 spiro atoms. The third-order valence-corrected chi connectivity index (χ3v) is 4.96. The fourth-order valence-electron chi connectivity index (χ4n) is 4.19. The molecule has 110 valence electrons. The Morgan fingerprint density at radius 1 is 1.30 bits per heavy atom. The van der Waals surface area contributed by atoms with Crippen molar-refractivity contribution in [2.24, 2.45) is 11.3 Å². The molecule has 3 heteroatoms. The number of fused-ring (bicyclic) bond motifs is 1. The van der Waals surface area contributed by atoms with Crippen molar-refractivity contribution in [1.82, 2.24) is 0 Å². The number of benzene rings is 1. The maximum atomic E-state index is 10.6. The smallest absolute Gasteiger partial charge is 0.126 e. The molecule has 1 aliphatic carbocycles. The first-order valence-corrected chi connectivity index (χ1v) is 7.40. The highest BCUT2D eigenvalue weighted by atomic mass is 16.5. The second kappa shape index (κ2) is 4.39. The van der Waals surface area contributed by atoms with Crippen LogP contribution < -0.4 is 9.47 Å². The Balaban J connectivity index is 1.97. The van der Waals surface area contributed by atoms with Crippen LogP contribution in [0.25, 0.3) is 0 Å². The van der Waals surface area contributed by atoms with Gasteiger partial charge in [0.2, 0.25) is 0 Å². The molecule has 0 amide bonds. The summed E-state index contributed by atoms with van der Waals surface area (Å²) >= 11 is 0. The maximum absolute atomic E-state index is 10.6. The zero-order chi connectivity index (χ0) is 14.5. The summed E-state index contributed by atoms with van der Waals surface area (Å²) in [5.74, 6) is 2.04. The summed E-state index contributed by atoms with van der Waals surface area (Å²) in [6.07, 6.45) is 2.36. The second-order valence-electron chi connectivity index (χ2n) is 7.24. The quantitative estimate of drug-likeness (QED) is 0.850. The Labute approximate surface area is 120 Å². The van der Waals surface area contributed by atoms with E-state index >= 15 is 0 Å². The van der Waals surface area contributed by atoms with Crippen molar-refractivity contribution < 1.29 is 14.6 Å². The first kappa shape index (κ1) is 13.7. The van der Waals surface area contributed by atoms with Gasteiger partial charge in [-0.2, -0.15) is 0 Å². The molecule has 1 aromatic rings. The third-order valence-electron chi connectivity index (χ3n) is 4.96. The van der Waals surface area contributed by atoms with Gasteiger partial charge in [-0.1, -0.05) is 20.8 Å². The molecule has 1 heterocycles. The van der Waals surface area contributed by atoms with Gasteiger partial charge in [-0.25, -0.2) is 0 Å². The van der Waals surface area contributed by atoms with E-state index in [1.54, 1.807) is 7.11 Å². The highest BCUT2D eigenvalue weighted by molar-refractivity contribution is 5.44. The third kappa shape index (κ3) is 2.08. The highest BCUT2D eigenvalue weighted by Crippen LogP contribution is 2.55. The minimum Gasteiger partial charge on any atom is -0.497 e. The second-order valence-corrected chi connectivity index (χ2v) is 7.24. The lowest BCUT2D eigenvalue weighted by molar-refractivity contribution is -0.0393. The van der Waals surface area contributed by atoms with Crippen LogP contribution in [0.15, 0.2) is 18.2 Å². The van der Waals surface area contributed by atoms with Crippen molar-refractivity contribution in [3.8, 4) is 11.5 Å². The van der Waals surface area contributed by atoms with Gasteiger partial charge >= 0.3 is 0 Å². The SMILES string of the molecule is COc1ccc2c(c1)[C@H](O)CC1(CC(C)(C)CC1C)O2. The molecule has 3 rings (SSSR count). The van der Waals surface area contributed by atoms with Gasteiger partial charge in [-0.3, -0.25) is 0 Å². The van der Waals surface area contributed by atoms with E-state index in [4.69, 9.17) is 9.47 Å². The predicted molar refractivity (Wildman–Crippen MR) is 78.1 cm³/mol. The molecule has 1 aromatic carbocycles. The van der Waals surface area contributed by atoms with E-state index in [9.17, 15) is 5.11 Å². The summed E-state index contributed by atoms with van der Waals surface area (Å²) in [5.41, 5.74) is 0.917. The Hall–Kier alpha value is -1.22. The molecular formula is C17H24O3. The minimum atomic E-state index is -0.467. The van der Waals surface area contributed by atoms with Crippen LogP contribution in [0.2, 0.25) is 0 Å². The van der Waals surface area contributed by atoms with E-state index in [-0.39, 0.29) is 11.0 Å². The van der Waals surface area contributed by atoms with Crippen LogP contribution in [0.5, 0.6) is 11.5 Å². The molecule has 3 atom stereocenters. The monoisotopic (exact) mass is 276 g/mol. The molecule has 0 saturated heterocycles. The Morgan fingerprint density at radius 3 is 2.65 bits per heavy atom. The van der Waals surface area contributed by atoms with Crippen LogP contribution in [-0.4, -0.2) is 17.8 Å². The summed E-state index contributed by atoms with van der Waals surface area (Å²) in [4.78, 5) is 0. The zero-order valence-electron chi connectivity index (χ0n) is 12.8. The molecule has 1 fully saturated rings. The van der Waals surface area contributed by atoms with Crippen LogP contribution in [-0.2, 0) is 0 Å². The molecule has 0 radical (unpaired) electrons. The van der Waals surface area contributed by atoms with E-state index < -0.39 is 6.10 Å². The topological polar surface area (TPSA) is 38.7 Å². The average molecular weight is 276 g/mol. The van der Waals surface area contributed by atoms with Gasteiger partial charge < -0.3 is 14.6 Å². The van der Waals surface area contributed by atoms with Gasteiger partial charge in [-0.15, -0.1) is 0 Å². The van der Waals surface area contributed by atoms with Crippen LogP contribution >= 0.6 is 0 Å². The Kier molecular flexibility index (Phi) is 3.02. The van der Waals surface area contributed by atoms with E-state index in [0.29, 0.717) is 12.3 Å². The van der Waals surface area contributed by atoms with Crippen molar-refractivity contribution in [2.75, 3.05) is 7.11 Å². The van der Waals surface area contributed by atoms with Crippen molar-refractivity contribution >= 4 is 0 Å². The number of rotatable bonds is 1. The average Bonchev–Trinajstić information content (AvgIpc) is 2.58. The van der Waals surface area contributed by atoms with E-state index in [1.165, 1.54) is 0 Å². The van der Waals surface area contributed by atoms with Gasteiger partial charge in [0, 0.05) is 12.0 Å². The number of hydrogen-bond donors (Lipinski definition) is 1. The molecule has 1 N–H and O–H groups in total. The summed E-state index contributed by atoms with van der Waals surface area (Å²) in [7, 11) is 1.64. The van der Waals surface area contributed by atoms with Crippen LogP contribution in [0.3, 0.4) is 0 Å². The van der Waals surface area contributed by atoms with Crippen molar-refractivity contribution in [2.45, 2.75) is 51.7 Å². The molecule has 20 heavy (non-hydrogen) atoms. The molecule has 0 bridgehead atoms. The van der Waals surface area contributed by atoms with Gasteiger partial charge in [0.15, 0.2) is 0 Å². The van der Waals surface area contributed by atoms with Crippen LogP contribution in [0.4, 0.5) is 0 Å². The molecule has 2 aliphatic rings. The van der Waals surface area contributed by atoms with Crippen LogP contribution in [0.1, 0.15) is 51.7 Å². The number of aliphatic hydroxyl groups is 1. The number of methoxy groups -OCH3 is 1. The summed E-state index contributed by atoms with van der Waals surface area (Å²) in [6, 6.07) is 5.71. The summed E-state index contributed by atoms with van der Waals surface area (Å²) in [5, 5.41) is 10.6. The lowest BCUT2D eigenvalue weighted by Crippen LogP contribution is -2.43. The largest absolute Gasteiger partial charge is 0.497 e. The molecule has 1 saturated carbocycles. The van der Waals surface area contributed by atoms with Crippen LogP contribution in [0, 0.1) is 11.3 Å². The van der Waals surface area contributed by atoms with E-state index in [2.05, 4.69) is 20.8 Å². The number of ether oxygens (including phenoxy) is 2. The molecular weight excluding hydrogens is 252 g/mol. The van der Waals surface area contributed by atoms with E-state index in [1.807, 2.05) is 18.2 Å². The molecule has 1 aliphatic heterocycles. The Morgan fingerprint density at radius 2 is 2.05 bits per heavy atom. The highest BCUT2D eigenvalue weighted by Gasteiger charge is 2.53. The minimum absolute atomic E-state index is 0.218. The normalized spacial score (nSPS) is 34.6. The van der Waals surface area contributed by atoms with Crippen molar-refractivity contribution in [3.05, 3.63) is 23.8 Å². The standard InChI is InChI=1S/C17H24O3/c1-11-8-16(2,3)10-17(11)9-14(18)13-7-12(19-4)5-6-15(13)20-17/h5-7,11,14,18H,8-10H2,1-4H3/t11?,14-,17?/m1/s1. The van der Waals surface area contributed by atoms with E-state index in [0.717, 1.165) is 29.9 Å². The fraction of sp³-hybridized carbons (Fsp3) is 0.647. The lowest BCUT2D eigenvalue weighted by atomic mass is 9.81. The fourth-order valence-corrected chi connectivity index (χ4v) is 4.19. The summed E-state index contributed by atoms with van der Waals surface area (Å²) < 4.78 is 11.6. The molecule has 3 nitrogen and oxygen atoms in total. The first-order valence-electron chi connectivity index (χ1n) is 7.40. The summed E-state index contributed by atoms with van der Waals surface area (Å²) in [6.45, 7) is 6.82. The Bertz CT molecular complexity index is 523. The van der Waals surface area contributed by atoms with Gasteiger partial charge in [0.1, 0.15) is 17.1 Å². The first-order chi connectivity index (χ1) is 9.35. The van der Waals surface area contributed by atoms with Crippen molar-refractivity contribution in [1.29, 1.82) is 0 Å². The lowest BCUT2D eigenvalue weighted by Gasteiger charge is -2.41. The van der Waals surface area contributed by atoms with Gasteiger partial charge in [0.05, 0.1) is 13.2 Å². The van der Waals surface area contributed by atoms with Gasteiger partial charge in [-0.05, 0) is 42.4 Å². The number of aliphatic hydroxyl groups excluding tert-OH is 1. The predicted octanol–water partition coefficient (Wildman–Crippen LogP) is 3.71. The van der Waals surface area contributed by atoms with Gasteiger partial charge in [0.25, 0.3) is 0 Å². The van der Waals surface area contributed by atoms with Crippen molar-refractivity contribution in [3.63, 3.8) is 0 Å². The molecule has 2 unspecified atom stereocenters.